The van der Waals surface area contributed by atoms with E-state index in [4.69, 9.17) is 4.74 Å². The smallest absolute Gasteiger partial charge is 0.338 e. The van der Waals surface area contributed by atoms with Gasteiger partial charge in [-0.1, -0.05) is 6.92 Å². The van der Waals surface area contributed by atoms with Crippen LogP contribution >= 0.6 is 0 Å². The number of hydrogen-bond acceptors (Lipinski definition) is 5. The quantitative estimate of drug-likeness (QED) is 0.687. The van der Waals surface area contributed by atoms with Gasteiger partial charge in [-0.2, -0.15) is 0 Å². The van der Waals surface area contributed by atoms with Gasteiger partial charge in [0, 0.05) is 12.6 Å². The zero-order valence-electron chi connectivity index (χ0n) is 14.3. The van der Waals surface area contributed by atoms with E-state index in [0.717, 1.165) is 0 Å². The Bertz CT molecular complexity index is 670. The number of hydrogen-bond donors (Lipinski definition) is 2. The van der Waals surface area contributed by atoms with E-state index in [1.165, 1.54) is 31.2 Å². The Morgan fingerprint density at radius 1 is 1.12 bits per heavy atom. The molecule has 1 aromatic rings. The fourth-order valence-electron chi connectivity index (χ4n) is 1.79. The van der Waals surface area contributed by atoms with Gasteiger partial charge in [0.1, 0.15) is 0 Å². The third-order valence-electron chi connectivity index (χ3n) is 3.37. The van der Waals surface area contributed by atoms with Crippen LogP contribution in [-0.2, 0) is 19.6 Å². The van der Waals surface area contributed by atoms with Gasteiger partial charge >= 0.3 is 5.97 Å². The summed E-state index contributed by atoms with van der Waals surface area (Å²) in [5.74, 6) is -1.07. The van der Waals surface area contributed by atoms with E-state index in [9.17, 15) is 18.0 Å². The van der Waals surface area contributed by atoms with Crippen molar-refractivity contribution in [1.29, 1.82) is 0 Å². The van der Waals surface area contributed by atoms with Crippen molar-refractivity contribution in [2.45, 2.75) is 51.2 Å². The predicted molar refractivity (Wildman–Crippen MR) is 90.1 cm³/mol. The molecule has 1 rings (SSSR count). The summed E-state index contributed by atoms with van der Waals surface area (Å²) < 4.78 is 31.9. The van der Waals surface area contributed by atoms with Gasteiger partial charge in [0.05, 0.1) is 10.5 Å². The third-order valence-corrected chi connectivity index (χ3v) is 4.98. The van der Waals surface area contributed by atoms with Crippen LogP contribution in [-0.4, -0.2) is 39.0 Å². The van der Waals surface area contributed by atoms with Gasteiger partial charge in [-0.05, 0) is 51.5 Å². The molecule has 2 N–H and O–H groups in total. The van der Waals surface area contributed by atoms with E-state index in [-0.39, 0.29) is 22.4 Å². The largest absolute Gasteiger partial charge is 0.449 e. The predicted octanol–water partition coefficient (Wildman–Crippen LogP) is 1.44. The molecule has 0 bridgehead atoms. The minimum atomic E-state index is -3.62. The highest BCUT2D eigenvalue weighted by Crippen LogP contribution is 2.13. The van der Waals surface area contributed by atoms with Crippen LogP contribution in [0.3, 0.4) is 0 Å². The second kappa shape index (κ2) is 8.79. The van der Waals surface area contributed by atoms with Crippen LogP contribution in [0.15, 0.2) is 29.2 Å². The maximum absolute atomic E-state index is 12.1. The van der Waals surface area contributed by atoms with Crippen LogP contribution in [0.2, 0.25) is 0 Å². The molecule has 0 aromatic heterocycles. The van der Waals surface area contributed by atoms with Crippen LogP contribution in [0, 0.1) is 0 Å². The molecule has 0 unspecified atom stereocenters. The van der Waals surface area contributed by atoms with Crippen LogP contribution < -0.4 is 10.0 Å². The molecule has 1 aromatic carbocycles. The molecule has 0 aliphatic rings. The standard InChI is InChI=1S/C16H24N2O5S/c1-5-11(3)18-24(21,22)14-9-7-13(8-10-14)16(20)23-12(4)15(19)17-6-2/h7-12,18H,5-6H2,1-4H3,(H,17,19)/t11-,12+/m1/s1. The molecule has 0 fully saturated rings. The van der Waals surface area contributed by atoms with E-state index in [1.54, 1.807) is 13.8 Å². The lowest BCUT2D eigenvalue weighted by molar-refractivity contribution is -0.128. The number of benzene rings is 1. The van der Waals surface area contributed by atoms with Crippen LogP contribution in [0.4, 0.5) is 0 Å². The Hall–Kier alpha value is -1.93. The van der Waals surface area contributed by atoms with E-state index < -0.39 is 22.1 Å². The van der Waals surface area contributed by atoms with Gasteiger partial charge in [0.25, 0.3) is 5.91 Å². The fourth-order valence-corrected chi connectivity index (χ4v) is 3.11. The molecule has 8 heteroatoms. The van der Waals surface area contributed by atoms with Crippen molar-refractivity contribution in [1.82, 2.24) is 10.0 Å². The summed E-state index contributed by atoms with van der Waals surface area (Å²) in [4.78, 5) is 23.6. The Kier molecular flexibility index (Phi) is 7.37. The lowest BCUT2D eigenvalue weighted by atomic mass is 10.2. The van der Waals surface area contributed by atoms with Crippen LogP contribution in [0.1, 0.15) is 44.5 Å². The second-order valence-electron chi connectivity index (χ2n) is 5.40. The second-order valence-corrected chi connectivity index (χ2v) is 7.11. The molecule has 134 valence electrons. The normalized spacial score (nSPS) is 13.8. The van der Waals surface area contributed by atoms with E-state index in [0.29, 0.717) is 13.0 Å². The minimum absolute atomic E-state index is 0.0659. The van der Waals surface area contributed by atoms with Gasteiger partial charge in [0.2, 0.25) is 10.0 Å². The Morgan fingerprint density at radius 2 is 1.71 bits per heavy atom. The highest BCUT2D eigenvalue weighted by atomic mass is 32.2. The van der Waals surface area contributed by atoms with Crippen molar-refractivity contribution in [2.75, 3.05) is 6.54 Å². The van der Waals surface area contributed by atoms with Gasteiger partial charge in [0.15, 0.2) is 6.10 Å². The Morgan fingerprint density at radius 3 is 2.21 bits per heavy atom. The lowest BCUT2D eigenvalue weighted by Crippen LogP contribution is -2.35. The SMILES string of the molecule is CCNC(=O)[C@H](C)OC(=O)c1ccc(S(=O)(=O)N[C@H](C)CC)cc1. The third kappa shape index (κ3) is 5.61. The number of rotatable bonds is 8. The summed E-state index contributed by atoms with van der Waals surface area (Å²) in [6.45, 7) is 7.32. The number of amides is 1. The number of likely N-dealkylation sites (N-methyl/N-ethyl adjacent to an activating group) is 1. The van der Waals surface area contributed by atoms with Crippen molar-refractivity contribution in [3.8, 4) is 0 Å². The first-order valence-electron chi connectivity index (χ1n) is 7.82. The average molecular weight is 356 g/mol. The van der Waals surface area contributed by atoms with E-state index in [1.807, 2.05) is 6.92 Å². The summed E-state index contributed by atoms with van der Waals surface area (Å²) in [6, 6.07) is 5.20. The van der Waals surface area contributed by atoms with Crippen molar-refractivity contribution in [3.63, 3.8) is 0 Å². The zero-order valence-corrected chi connectivity index (χ0v) is 15.1. The number of esters is 1. The van der Waals surface area contributed by atoms with Gasteiger partial charge in [-0.15, -0.1) is 0 Å². The molecule has 0 heterocycles. The Balaban J connectivity index is 2.80. The molecule has 0 spiro atoms. The first kappa shape index (κ1) is 20.1. The first-order valence-corrected chi connectivity index (χ1v) is 9.30. The molecule has 1 amide bonds. The maximum atomic E-state index is 12.1. The summed E-state index contributed by atoms with van der Waals surface area (Å²) in [5.41, 5.74) is 0.175. The number of sulfonamides is 1. The lowest BCUT2D eigenvalue weighted by Gasteiger charge is -2.14. The highest BCUT2D eigenvalue weighted by molar-refractivity contribution is 7.89. The Labute approximate surface area is 142 Å². The van der Waals surface area contributed by atoms with Crippen molar-refractivity contribution < 1.29 is 22.7 Å². The van der Waals surface area contributed by atoms with Gasteiger partial charge in [-0.25, -0.2) is 17.9 Å². The molecule has 0 aliphatic heterocycles. The van der Waals surface area contributed by atoms with E-state index in [2.05, 4.69) is 10.0 Å². The molecule has 0 aliphatic carbocycles. The zero-order chi connectivity index (χ0) is 18.3. The van der Waals surface area contributed by atoms with Crippen molar-refractivity contribution in [3.05, 3.63) is 29.8 Å². The number of nitrogens with one attached hydrogen (secondary N) is 2. The molecular formula is C16H24N2O5S. The molecule has 24 heavy (non-hydrogen) atoms. The number of carbonyl (C=O) groups excluding carboxylic acids is 2. The molecule has 7 nitrogen and oxygen atoms in total. The monoisotopic (exact) mass is 356 g/mol. The minimum Gasteiger partial charge on any atom is -0.449 e. The summed E-state index contributed by atoms with van der Waals surface area (Å²) >= 11 is 0. The van der Waals surface area contributed by atoms with E-state index >= 15 is 0 Å². The topological polar surface area (TPSA) is 102 Å². The van der Waals surface area contributed by atoms with Crippen molar-refractivity contribution in [2.24, 2.45) is 0 Å². The molecule has 0 saturated carbocycles. The summed E-state index contributed by atoms with van der Waals surface area (Å²) in [6.07, 6.45) is -0.255. The van der Waals surface area contributed by atoms with Crippen LogP contribution in [0.25, 0.3) is 0 Å². The van der Waals surface area contributed by atoms with Crippen LogP contribution in [0.5, 0.6) is 0 Å². The molecule has 0 saturated heterocycles. The highest BCUT2D eigenvalue weighted by Gasteiger charge is 2.20. The molecule has 0 radical (unpaired) electrons. The average Bonchev–Trinajstić information content (AvgIpc) is 2.54. The maximum Gasteiger partial charge on any atom is 0.338 e. The fraction of sp³-hybridized carbons (Fsp3) is 0.500. The van der Waals surface area contributed by atoms with Gasteiger partial charge < -0.3 is 10.1 Å². The summed E-state index contributed by atoms with van der Waals surface area (Å²) in [7, 11) is -3.62. The first-order chi connectivity index (χ1) is 11.2. The number of carbonyl (C=O) groups is 2. The number of ether oxygens (including phenoxy) is 1. The van der Waals surface area contributed by atoms with Crippen molar-refractivity contribution >= 4 is 21.9 Å². The summed E-state index contributed by atoms with van der Waals surface area (Å²) in [5, 5.41) is 2.55. The van der Waals surface area contributed by atoms with Gasteiger partial charge in [-0.3, -0.25) is 4.79 Å². The molecule has 2 atom stereocenters. The molecular weight excluding hydrogens is 332 g/mol.